The largest absolute Gasteiger partial charge is 0.375 e. The summed E-state index contributed by atoms with van der Waals surface area (Å²) in [5, 5.41) is 5.57. The van der Waals surface area contributed by atoms with Gasteiger partial charge in [0.15, 0.2) is 5.13 Å². The molecule has 0 spiro atoms. The van der Waals surface area contributed by atoms with Crippen molar-refractivity contribution in [1.29, 1.82) is 0 Å². The van der Waals surface area contributed by atoms with Crippen LogP contribution in [0.4, 0.5) is 5.13 Å². The Hall–Kier alpha value is -1.89. The number of hydrogen-bond acceptors (Lipinski definition) is 5. The third kappa shape index (κ3) is 4.84. The molecule has 6 nitrogen and oxygen atoms in total. The van der Waals surface area contributed by atoms with Gasteiger partial charge >= 0.3 is 0 Å². The number of carbonyl (C=O) groups is 1. The van der Waals surface area contributed by atoms with E-state index in [9.17, 15) is 4.79 Å². The van der Waals surface area contributed by atoms with Gasteiger partial charge in [0, 0.05) is 30.7 Å². The Morgan fingerprint density at radius 2 is 2.27 bits per heavy atom. The fraction of sp³-hybridized carbons (Fsp3) is 0.533. The molecule has 0 aliphatic rings. The lowest BCUT2D eigenvalue weighted by molar-refractivity contribution is -0.122. The van der Waals surface area contributed by atoms with Crippen molar-refractivity contribution in [2.75, 3.05) is 5.73 Å². The van der Waals surface area contributed by atoms with Crippen molar-refractivity contribution in [3.8, 4) is 0 Å². The number of nitrogens with two attached hydrogens (primary N) is 1. The molecule has 0 saturated heterocycles. The Morgan fingerprint density at radius 1 is 1.50 bits per heavy atom. The highest BCUT2D eigenvalue weighted by atomic mass is 32.1. The Morgan fingerprint density at radius 3 is 2.82 bits per heavy atom. The number of thiazole rings is 1. The number of imidazole rings is 1. The Balaban J connectivity index is 1.90. The second-order valence-corrected chi connectivity index (χ2v) is 7.31. The normalized spacial score (nSPS) is 13.0. The zero-order valence-corrected chi connectivity index (χ0v) is 14.1. The fourth-order valence-electron chi connectivity index (χ4n) is 2.09. The molecule has 0 aliphatic carbocycles. The predicted molar refractivity (Wildman–Crippen MR) is 88.5 cm³/mol. The highest BCUT2D eigenvalue weighted by Gasteiger charge is 2.26. The molecule has 7 heteroatoms. The summed E-state index contributed by atoms with van der Waals surface area (Å²) in [7, 11) is 0. The summed E-state index contributed by atoms with van der Waals surface area (Å²) < 4.78 is 1.98. The topological polar surface area (TPSA) is 85.8 Å². The highest BCUT2D eigenvalue weighted by molar-refractivity contribution is 7.13. The molecule has 2 aromatic rings. The average Bonchev–Trinajstić information content (AvgIpc) is 3.06. The molecular weight excluding hydrogens is 298 g/mol. The van der Waals surface area contributed by atoms with E-state index < -0.39 is 0 Å². The maximum absolute atomic E-state index is 12.2. The summed E-state index contributed by atoms with van der Waals surface area (Å²) in [5.74, 6) is 0.0339. The first-order valence-electron chi connectivity index (χ1n) is 7.29. The van der Waals surface area contributed by atoms with Crippen LogP contribution in [0.2, 0.25) is 0 Å². The summed E-state index contributed by atoms with van der Waals surface area (Å²) in [4.78, 5) is 20.4. The third-order valence-electron chi connectivity index (χ3n) is 3.51. The molecule has 3 N–H and O–H groups in total. The first kappa shape index (κ1) is 16.5. The first-order valence-corrected chi connectivity index (χ1v) is 8.17. The lowest BCUT2D eigenvalue weighted by Crippen LogP contribution is -2.46. The molecule has 0 aromatic carbocycles. The molecule has 0 saturated carbocycles. The fourth-order valence-corrected chi connectivity index (χ4v) is 2.68. The van der Waals surface area contributed by atoms with Crippen molar-refractivity contribution < 1.29 is 4.79 Å². The number of nitrogen functional groups attached to an aromatic ring is 1. The van der Waals surface area contributed by atoms with Gasteiger partial charge in [-0.3, -0.25) is 4.79 Å². The van der Waals surface area contributed by atoms with E-state index in [1.54, 1.807) is 12.5 Å². The molecule has 0 bridgehead atoms. The molecule has 120 valence electrons. The zero-order valence-electron chi connectivity index (χ0n) is 13.2. The first-order chi connectivity index (χ1) is 10.3. The van der Waals surface area contributed by atoms with Crippen molar-refractivity contribution in [3.05, 3.63) is 29.8 Å². The van der Waals surface area contributed by atoms with E-state index in [0.29, 0.717) is 24.5 Å². The standard InChI is InChI=1S/C15H23N5OS/c1-15(2,3)12(8-20-7-6-17-10-20)19-13(21)5-4-11-9-22-14(16)18-11/h6-7,9-10,12H,4-5,8H2,1-3H3,(H2,16,18)(H,19,21). The molecular formula is C15H23N5OS. The maximum Gasteiger partial charge on any atom is 0.220 e. The van der Waals surface area contributed by atoms with Gasteiger partial charge in [0.25, 0.3) is 0 Å². The number of nitrogens with one attached hydrogen (secondary N) is 1. The van der Waals surface area contributed by atoms with Crippen LogP contribution in [0, 0.1) is 5.41 Å². The van der Waals surface area contributed by atoms with Crippen LogP contribution in [0.15, 0.2) is 24.1 Å². The molecule has 2 aromatic heterocycles. The van der Waals surface area contributed by atoms with Crippen LogP contribution < -0.4 is 11.1 Å². The summed E-state index contributed by atoms with van der Waals surface area (Å²) in [6.45, 7) is 7.07. The molecule has 2 rings (SSSR count). The van der Waals surface area contributed by atoms with E-state index in [1.807, 2.05) is 16.1 Å². The number of hydrogen-bond donors (Lipinski definition) is 2. The van der Waals surface area contributed by atoms with E-state index in [2.05, 4.69) is 36.1 Å². The monoisotopic (exact) mass is 321 g/mol. The van der Waals surface area contributed by atoms with Gasteiger partial charge in [-0.05, 0) is 11.8 Å². The van der Waals surface area contributed by atoms with Crippen LogP contribution in [-0.2, 0) is 17.8 Å². The van der Waals surface area contributed by atoms with Crippen LogP contribution in [0.5, 0.6) is 0 Å². The van der Waals surface area contributed by atoms with Crippen molar-refractivity contribution in [1.82, 2.24) is 19.9 Å². The number of aromatic nitrogens is 3. The number of rotatable bonds is 6. The maximum atomic E-state index is 12.2. The highest BCUT2D eigenvalue weighted by Crippen LogP contribution is 2.21. The van der Waals surface area contributed by atoms with Crippen LogP contribution in [0.25, 0.3) is 0 Å². The predicted octanol–water partition coefficient (Wildman–Crippen LogP) is 2.09. The van der Waals surface area contributed by atoms with Gasteiger partial charge in [-0.1, -0.05) is 20.8 Å². The van der Waals surface area contributed by atoms with Crippen molar-refractivity contribution in [2.24, 2.45) is 5.41 Å². The van der Waals surface area contributed by atoms with Crippen molar-refractivity contribution >= 4 is 22.4 Å². The summed E-state index contributed by atoms with van der Waals surface area (Å²) in [6.07, 6.45) is 6.45. The van der Waals surface area contributed by atoms with E-state index in [4.69, 9.17) is 5.73 Å². The van der Waals surface area contributed by atoms with Gasteiger partial charge in [0.05, 0.1) is 18.1 Å². The minimum atomic E-state index is -0.0367. The molecule has 1 amide bonds. The SMILES string of the molecule is CC(C)(C)C(Cn1ccnc1)NC(=O)CCc1csc(N)n1. The molecule has 22 heavy (non-hydrogen) atoms. The number of carbonyl (C=O) groups excluding carboxylic acids is 1. The minimum absolute atomic E-state index is 0.0339. The molecule has 1 atom stereocenters. The number of aryl methyl sites for hydroxylation is 1. The van der Waals surface area contributed by atoms with E-state index in [-0.39, 0.29) is 17.4 Å². The van der Waals surface area contributed by atoms with Gasteiger partial charge in [-0.15, -0.1) is 11.3 Å². The molecule has 2 heterocycles. The smallest absolute Gasteiger partial charge is 0.220 e. The molecule has 0 aliphatic heterocycles. The Labute approximate surface area is 134 Å². The van der Waals surface area contributed by atoms with E-state index in [1.165, 1.54) is 11.3 Å². The van der Waals surface area contributed by atoms with Crippen molar-refractivity contribution in [3.63, 3.8) is 0 Å². The number of amides is 1. The minimum Gasteiger partial charge on any atom is -0.375 e. The molecule has 0 fully saturated rings. The quantitative estimate of drug-likeness (QED) is 0.853. The van der Waals surface area contributed by atoms with Gasteiger partial charge in [0.1, 0.15) is 0 Å². The average molecular weight is 321 g/mol. The zero-order chi connectivity index (χ0) is 16.2. The van der Waals surface area contributed by atoms with Gasteiger partial charge < -0.3 is 15.6 Å². The van der Waals surface area contributed by atoms with Crippen LogP contribution in [0.3, 0.4) is 0 Å². The summed E-state index contributed by atoms with van der Waals surface area (Å²) in [6, 6.07) is 0.0368. The van der Waals surface area contributed by atoms with Crippen LogP contribution in [-0.4, -0.2) is 26.5 Å². The second-order valence-electron chi connectivity index (χ2n) is 6.42. The van der Waals surface area contributed by atoms with Gasteiger partial charge in [-0.2, -0.15) is 0 Å². The molecule has 0 radical (unpaired) electrons. The third-order valence-corrected chi connectivity index (χ3v) is 4.23. The number of anilines is 1. The Kier molecular flexibility index (Phi) is 5.18. The lowest BCUT2D eigenvalue weighted by Gasteiger charge is -2.31. The van der Waals surface area contributed by atoms with Gasteiger partial charge in [0.2, 0.25) is 5.91 Å². The van der Waals surface area contributed by atoms with Crippen LogP contribution in [0.1, 0.15) is 32.9 Å². The van der Waals surface area contributed by atoms with E-state index >= 15 is 0 Å². The Bertz CT molecular complexity index is 600. The second kappa shape index (κ2) is 6.91. The van der Waals surface area contributed by atoms with E-state index in [0.717, 1.165) is 5.69 Å². The lowest BCUT2D eigenvalue weighted by atomic mass is 9.86. The van der Waals surface area contributed by atoms with Crippen LogP contribution >= 0.6 is 11.3 Å². The summed E-state index contributed by atoms with van der Waals surface area (Å²) >= 11 is 1.40. The molecule has 1 unspecified atom stereocenters. The number of nitrogens with zero attached hydrogens (tertiary/aromatic N) is 3. The van der Waals surface area contributed by atoms with Gasteiger partial charge in [-0.25, -0.2) is 9.97 Å². The van der Waals surface area contributed by atoms with Crippen molar-refractivity contribution in [2.45, 2.75) is 46.2 Å². The summed E-state index contributed by atoms with van der Waals surface area (Å²) in [5.41, 5.74) is 6.43.